The van der Waals surface area contributed by atoms with Crippen LogP contribution in [0, 0.1) is 27.7 Å². The highest BCUT2D eigenvalue weighted by Gasteiger charge is 2.28. The van der Waals surface area contributed by atoms with Crippen molar-refractivity contribution in [1.82, 2.24) is 0 Å². The smallest absolute Gasteiger partial charge is 0.125 e. The molecule has 0 aliphatic carbocycles. The van der Waals surface area contributed by atoms with Crippen molar-refractivity contribution in [1.29, 1.82) is 0 Å². The standard InChI is InChI=1S/C25H32O4/c1-15-7-19(8-16(2)23(15)28-13-21-11-26-21)25(5,6)20-9-17(3)24(18(4)10-20)29-14-22-12-27-22/h7-10,21-22H,11-14H2,1-6H3. The molecule has 2 aliphatic heterocycles. The third-order valence-electron chi connectivity index (χ3n) is 6.00. The van der Waals surface area contributed by atoms with Gasteiger partial charge in [0.25, 0.3) is 0 Å². The molecule has 2 aliphatic rings. The summed E-state index contributed by atoms with van der Waals surface area (Å²) < 4.78 is 22.6. The van der Waals surface area contributed by atoms with Crippen LogP contribution in [-0.2, 0) is 14.9 Å². The van der Waals surface area contributed by atoms with E-state index in [2.05, 4.69) is 65.8 Å². The van der Waals surface area contributed by atoms with Crippen LogP contribution in [0.15, 0.2) is 24.3 Å². The lowest BCUT2D eigenvalue weighted by atomic mass is 9.76. The summed E-state index contributed by atoms with van der Waals surface area (Å²) in [5.41, 5.74) is 7.15. The Morgan fingerprint density at radius 3 is 1.31 bits per heavy atom. The van der Waals surface area contributed by atoms with Crippen LogP contribution >= 0.6 is 0 Å². The average molecular weight is 397 g/mol. The van der Waals surface area contributed by atoms with Crippen molar-refractivity contribution in [3.63, 3.8) is 0 Å². The molecule has 4 rings (SSSR count). The van der Waals surface area contributed by atoms with Crippen LogP contribution in [0.1, 0.15) is 47.2 Å². The Balaban J connectivity index is 1.59. The maximum Gasteiger partial charge on any atom is 0.125 e. The van der Waals surface area contributed by atoms with Crippen molar-refractivity contribution in [3.8, 4) is 11.5 Å². The van der Waals surface area contributed by atoms with Gasteiger partial charge in [-0.2, -0.15) is 0 Å². The fourth-order valence-corrected chi connectivity index (χ4v) is 3.93. The van der Waals surface area contributed by atoms with Crippen LogP contribution < -0.4 is 9.47 Å². The van der Waals surface area contributed by atoms with E-state index in [9.17, 15) is 0 Å². The Kier molecular flexibility index (Phi) is 5.34. The monoisotopic (exact) mass is 396 g/mol. The first-order chi connectivity index (χ1) is 13.8. The van der Waals surface area contributed by atoms with Gasteiger partial charge in [0.1, 0.15) is 36.9 Å². The lowest BCUT2D eigenvalue weighted by Crippen LogP contribution is -2.20. The Labute approximate surface area is 174 Å². The van der Waals surface area contributed by atoms with Crippen molar-refractivity contribution in [2.45, 2.75) is 59.2 Å². The van der Waals surface area contributed by atoms with E-state index in [0.29, 0.717) is 13.2 Å². The van der Waals surface area contributed by atoms with Crippen molar-refractivity contribution in [2.24, 2.45) is 0 Å². The van der Waals surface area contributed by atoms with E-state index >= 15 is 0 Å². The number of aryl methyl sites for hydroxylation is 4. The van der Waals surface area contributed by atoms with Crippen LogP contribution in [0.3, 0.4) is 0 Å². The molecule has 0 aromatic heterocycles. The number of hydrogen-bond acceptors (Lipinski definition) is 4. The van der Waals surface area contributed by atoms with Crippen molar-refractivity contribution >= 4 is 0 Å². The minimum absolute atomic E-state index is 0.124. The second-order valence-corrected chi connectivity index (χ2v) is 9.04. The SMILES string of the molecule is Cc1cc(C(C)(C)c2cc(C)c(OCC3CO3)c(C)c2)cc(C)c1OCC1CO1. The molecule has 2 saturated heterocycles. The molecule has 4 heteroatoms. The third-order valence-corrected chi connectivity index (χ3v) is 6.00. The number of hydrogen-bond donors (Lipinski definition) is 0. The number of benzene rings is 2. The van der Waals surface area contributed by atoms with E-state index in [1.807, 2.05) is 0 Å². The van der Waals surface area contributed by atoms with Gasteiger partial charge in [-0.1, -0.05) is 38.1 Å². The molecular weight excluding hydrogens is 364 g/mol. The van der Waals surface area contributed by atoms with Gasteiger partial charge in [0, 0.05) is 5.41 Å². The first-order valence-corrected chi connectivity index (χ1v) is 10.5. The van der Waals surface area contributed by atoms with Crippen LogP contribution in [0.2, 0.25) is 0 Å². The predicted octanol–water partition coefficient (Wildman–Crippen LogP) is 4.80. The highest BCUT2D eigenvalue weighted by Crippen LogP contribution is 2.38. The Morgan fingerprint density at radius 1 is 0.724 bits per heavy atom. The lowest BCUT2D eigenvalue weighted by molar-refractivity contribution is 0.260. The van der Waals surface area contributed by atoms with Gasteiger partial charge in [-0.25, -0.2) is 0 Å². The first-order valence-electron chi connectivity index (χ1n) is 10.5. The zero-order chi connectivity index (χ0) is 20.8. The van der Waals surface area contributed by atoms with Gasteiger partial charge < -0.3 is 18.9 Å². The zero-order valence-electron chi connectivity index (χ0n) is 18.4. The molecule has 2 heterocycles. The summed E-state index contributed by atoms with van der Waals surface area (Å²) in [5.74, 6) is 1.97. The largest absolute Gasteiger partial charge is 0.490 e. The molecule has 2 aromatic rings. The van der Waals surface area contributed by atoms with Crippen molar-refractivity contribution in [2.75, 3.05) is 26.4 Å². The number of ether oxygens (including phenoxy) is 4. The highest BCUT2D eigenvalue weighted by atomic mass is 16.6. The van der Waals surface area contributed by atoms with E-state index in [1.54, 1.807) is 0 Å². The van der Waals surface area contributed by atoms with Crippen molar-refractivity contribution in [3.05, 3.63) is 57.6 Å². The number of epoxide rings is 2. The molecule has 0 saturated carbocycles. The molecule has 0 radical (unpaired) electrons. The molecule has 156 valence electrons. The van der Waals surface area contributed by atoms with Gasteiger partial charge in [0.05, 0.1) is 13.2 Å². The van der Waals surface area contributed by atoms with Crippen LogP contribution in [0.25, 0.3) is 0 Å². The Morgan fingerprint density at radius 2 is 1.03 bits per heavy atom. The van der Waals surface area contributed by atoms with Crippen LogP contribution in [-0.4, -0.2) is 38.6 Å². The fraction of sp³-hybridized carbons (Fsp3) is 0.520. The van der Waals surface area contributed by atoms with E-state index in [-0.39, 0.29) is 17.6 Å². The fourth-order valence-electron chi connectivity index (χ4n) is 3.93. The highest BCUT2D eigenvalue weighted by molar-refractivity contribution is 5.52. The summed E-state index contributed by atoms with van der Waals surface area (Å²) in [6.45, 7) is 16.0. The minimum atomic E-state index is -0.124. The van der Waals surface area contributed by atoms with E-state index < -0.39 is 0 Å². The second-order valence-electron chi connectivity index (χ2n) is 9.04. The van der Waals surface area contributed by atoms with Crippen molar-refractivity contribution < 1.29 is 18.9 Å². The molecule has 2 atom stereocenters. The second kappa shape index (κ2) is 7.66. The van der Waals surface area contributed by atoms with Gasteiger partial charge in [0.2, 0.25) is 0 Å². The first kappa shape index (κ1) is 20.2. The molecule has 29 heavy (non-hydrogen) atoms. The molecule has 2 fully saturated rings. The Bertz CT molecular complexity index is 788. The van der Waals surface area contributed by atoms with Gasteiger partial charge in [0.15, 0.2) is 0 Å². The predicted molar refractivity (Wildman–Crippen MR) is 114 cm³/mol. The summed E-state index contributed by atoms with van der Waals surface area (Å²) in [6, 6.07) is 9.04. The summed E-state index contributed by atoms with van der Waals surface area (Å²) in [6.07, 6.45) is 0.533. The average Bonchev–Trinajstić information content (AvgIpc) is 3.54. The minimum Gasteiger partial charge on any atom is -0.490 e. The topological polar surface area (TPSA) is 43.5 Å². The number of rotatable bonds is 8. The Hall–Kier alpha value is -2.04. The van der Waals surface area contributed by atoms with Gasteiger partial charge in [-0.05, 0) is 61.1 Å². The summed E-state index contributed by atoms with van der Waals surface area (Å²) in [4.78, 5) is 0. The van der Waals surface area contributed by atoms with Gasteiger partial charge in [-0.3, -0.25) is 0 Å². The third kappa shape index (κ3) is 4.44. The van der Waals surface area contributed by atoms with Gasteiger partial charge in [-0.15, -0.1) is 0 Å². The molecule has 0 spiro atoms. The van der Waals surface area contributed by atoms with Crippen LogP contribution in [0.5, 0.6) is 11.5 Å². The van der Waals surface area contributed by atoms with Gasteiger partial charge >= 0.3 is 0 Å². The summed E-state index contributed by atoms with van der Waals surface area (Å²) in [5, 5.41) is 0. The van der Waals surface area contributed by atoms with Crippen LogP contribution in [0.4, 0.5) is 0 Å². The summed E-state index contributed by atoms with van der Waals surface area (Å²) >= 11 is 0. The molecule has 0 amide bonds. The molecule has 2 unspecified atom stereocenters. The van der Waals surface area contributed by atoms with E-state index in [1.165, 1.54) is 33.4 Å². The molecular formula is C25H32O4. The molecule has 4 nitrogen and oxygen atoms in total. The summed E-state index contributed by atoms with van der Waals surface area (Å²) in [7, 11) is 0. The molecule has 0 bridgehead atoms. The zero-order valence-corrected chi connectivity index (χ0v) is 18.4. The normalized spacial score (nSPS) is 20.5. The maximum atomic E-state index is 6.02. The van der Waals surface area contributed by atoms with E-state index in [0.717, 1.165) is 24.7 Å². The lowest BCUT2D eigenvalue weighted by Gasteiger charge is -2.29. The van der Waals surface area contributed by atoms with E-state index in [4.69, 9.17) is 18.9 Å². The molecule has 2 aromatic carbocycles. The molecule has 0 N–H and O–H groups in total. The maximum absolute atomic E-state index is 6.02. The quantitative estimate of drug-likeness (QED) is 0.601.